The van der Waals surface area contributed by atoms with E-state index in [1.54, 1.807) is 0 Å². The zero-order chi connectivity index (χ0) is 12.7. The van der Waals surface area contributed by atoms with Gasteiger partial charge in [-0.2, -0.15) is 0 Å². The lowest BCUT2D eigenvalue weighted by atomic mass is 9.85. The Morgan fingerprint density at radius 1 is 1.29 bits per heavy atom. The normalized spacial score (nSPS) is 17.6. The van der Waals surface area contributed by atoms with E-state index in [4.69, 9.17) is 0 Å². The van der Waals surface area contributed by atoms with Gasteiger partial charge in [-0.15, -0.1) is 0 Å². The van der Waals surface area contributed by atoms with Crippen molar-refractivity contribution < 1.29 is 0 Å². The van der Waals surface area contributed by atoms with Gasteiger partial charge in [0.2, 0.25) is 0 Å². The molecule has 98 valence electrons. The number of hydrogen-bond acceptors (Lipinski definition) is 1. The van der Waals surface area contributed by atoms with E-state index >= 15 is 0 Å². The Balaban J connectivity index is 2.50. The van der Waals surface area contributed by atoms with E-state index in [1.807, 2.05) is 0 Å². The number of nitrogens with one attached hydrogen (secondary N) is 1. The molecule has 1 rings (SSSR count). The molecule has 1 N–H and O–H groups in total. The third kappa shape index (κ3) is 5.43. The molecule has 0 radical (unpaired) electrons. The van der Waals surface area contributed by atoms with Gasteiger partial charge in [0, 0.05) is 12.2 Å². The molecule has 1 nitrogen and oxygen atoms in total. The lowest BCUT2D eigenvalue weighted by Crippen LogP contribution is -2.19. The van der Waals surface area contributed by atoms with Gasteiger partial charge in [-0.25, -0.2) is 0 Å². The molecule has 0 aromatic heterocycles. The van der Waals surface area contributed by atoms with Gasteiger partial charge >= 0.3 is 0 Å². The fourth-order valence-electron chi connectivity index (χ4n) is 2.30. The first-order chi connectivity index (χ1) is 8.05. The standard InChI is InChI=1S/C16H29N/c1-5-6-7-11-16(3,4)12-10-15-9-8-13-17-14(15)2/h10,12,17H,5-9,11,13H2,1-4H3/b12-10-. The van der Waals surface area contributed by atoms with Crippen LogP contribution in [0, 0.1) is 5.41 Å². The minimum absolute atomic E-state index is 0.347. The largest absolute Gasteiger partial charge is 0.388 e. The molecule has 0 aromatic rings. The highest BCUT2D eigenvalue weighted by molar-refractivity contribution is 5.26. The van der Waals surface area contributed by atoms with Gasteiger partial charge in [-0.1, -0.05) is 52.2 Å². The van der Waals surface area contributed by atoms with E-state index in [9.17, 15) is 0 Å². The SMILES string of the molecule is CCCCCC(C)(C)/C=C\C1=C(C)NCCC1. The molecule has 17 heavy (non-hydrogen) atoms. The predicted molar refractivity (Wildman–Crippen MR) is 77.0 cm³/mol. The summed E-state index contributed by atoms with van der Waals surface area (Å²) in [5.41, 5.74) is 3.22. The zero-order valence-corrected chi connectivity index (χ0v) is 12.1. The lowest BCUT2D eigenvalue weighted by Gasteiger charge is -2.22. The quantitative estimate of drug-likeness (QED) is 0.652. The minimum atomic E-state index is 0.347. The van der Waals surface area contributed by atoms with Gasteiger partial charge < -0.3 is 5.32 Å². The maximum atomic E-state index is 3.45. The summed E-state index contributed by atoms with van der Waals surface area (Å²) in [6, 6.07) is 0. The molecule has 0 bridgehead atoms. The maximum Gasteiger partial charge on any atom is 0.0147 e. The Morgan fingerprint density at radius 3 is 2.71 bits per heavy atom. The van der Waals surface area contributed by atoms with Crippen LogP contribution in [0.25, 0.3) is 0 Å². The fraction of sp³-hybridized carbons (Fsp3) is 0.750. The number of hydrogen-bond donors (Lipinski definition) is 1. The second-order valence-corrected chi connectivity index (χ2v) is 5.96. The molecule has 1 heteroatoms. The highest BCUT2D eigenvalue weighted by Gasteiger charge is 2.14. The third-order valence-electron chi connectivity index (χ3n) is 3.66. The van der Waals surface area contributed by atoms with Gasteiger partial charge in [-0.05, 0) is 37.2 Å². The highest BCUT2D eigenvalue weighted by Crippen LogP contribution is 2.27. The molecule has 0 aromatic carbocycles. The van der Waals surface area contributed by atoms with Crippen molar-refractivity contribution in [2.45, 2.75) is 66.2 Å². The monoisotopic (exact) mass is 235 g/mol. The lowest BCUT2D eigenvalue weighted by molar-refractivity contribution is 0.412. The van der Waals surface area contributed by atoms with Gasteiger partial charge in [-0.3, -0.25) is 0 Å². The Morgan fingerprint density at radius 2 is 2.06 bits per heavy atom. The summed E-state index contributed by atoms with van der Waals surface area (Å²) >= 11 is 0. The smallest absolute Gasteiger partial charge is 0.0147 e. The highest BCUT2D eigenvalue weighted by atomic mass is 14.9. The molecule has 0 atom stereocenters. The van der Waals surface area contributed by atoms with Crippen molar-refractivity contribution in [1.82, 2.24) is 5.32 Å². The van der Waals surface area contributed by atoms with Crippen molar-refractivity contribution in [3.8, 4) is 0 Å². The fourth-order valence-corrected chi connectivity index (χ4v) is 2.30. The molecule has 0 saturated heterocycles. The summed E-state index contributed by atoms with van der Waals surface area (Å²) in [6.07, 6.45) is 12.6. The average molecular weight is 235 g/mol. The van der Waals surface area contributed by atoms with Gasteiger partial charge in [0.05, 0.1) is 0 Å². The predicted octanol–water partition coefficient (Wildman–Crippen LogP) is 4.81. The van der Waals surface area contributed by atoms with Crippen LogP contribution in [-0.2, 0) is 0 Å². The van der Waals surface area contributed by atoms with E-state index in [0.29, 0.717) is 5.41 Å². The molecule has 0 amide bonds. The number of allylic oxidation sites excluding steroid dienone is 4. The molecule has 0 spiro atoms. The summed E-state index contributed by atoms with van der Waals surface area (Å²) in [5.74, 6) is 0. The second kappa shape index (κ2) is 6.88. The number of unbranched alkanes of at least 4 members (excludes halogenated alkanes) is 2. The molecule has 1 aliphatic rings. The molecule has 1 aliphatic heterocycles. The topological polar surface area (TPSA) is 12.0 Å². The van der Waals surface area contributed by atoms with E-state index in [1.165, 1.54) is 49.8 Å². The summed E-state index contributed by atoms with van der Waals surface area (Å²) in [7, 11) is 0. The number of rotatable bonds is 6. The average Bonchev–Trinajstić information content (AvgIpc) is 2.28. The van der Waals surface area contributed by atoms with Crippen molar-refractivity contribution in [1.29, 1.82) is 0 Å². The third-order valence-corrected chi connectivity index (χ3v) is 3.66. The molecule has 0 aliphatic carbocycles. The Bertz CT molecular complexity index is 284. The molecule has 0 fully saturated rings. The van der Waals surface area contributed by atoms with Crippen LogP contribution in [0.5, 0.6) is 0 Å². The first kappa shape index (κ1) is 14.3. The maximum absolute atomic E-state index is 3.45. The van der Waals surface area contributed by atoms with Crippen LogP contribution in [0.1, 0.15) is 66.2 Å². The summed E-state index contributed by atoms with van der Waals surface area (Å²) in [6.45, 7) is 10.3. The van der Waals surface area contributed by atoms with Crippen LogP contribution in [-0.4, -0.2) is 6.54 Å². The minimum Gasteiger partial charge on any atom is -0.388 e. The first-order valence-corrected chi connectivity index (χ1v) is 7.18. The second-order valence-electron chi connectivity index (χ2n) is 5.96. The summed E-state index contributed by atoms with van der Waals surface area (Å²) in [5, 5.41) is 3.45. The zero-order valence-electron chi connectivity index (χ0n) is 12.1. The van der Waals surface area contributed by atoms with Crippen LogP contribution in [0.3, 0.4) is 0 Å². The van der Waals surface area contributed by atoms with Gasteiger partial charge in [0.25, 0.3) is 0 Å². The Labute approximate surface area is 107 Å². The van der Waals surface area contributed by atoms with E-state index < -0.39 is 0 Å². The molecule has 1 heterocycles. The molecular formula is C16H29N. The molecule has 0 unspecified atom stereocenters. The molecular weight excluding hydrogens is 206 g/mol. The summed E-state index contributed by atoms with van der Waals surface area (Å²) in [4.78, 5) is 0. The van der Waals surface area contributed by atoms with Crippen LogP contribution in [0.15, 0.2) is 23.4 Å². The molecule has 0 saturated carbocycles. The van der Waals surface area contributed by atoms with Crippen LogP contribution in [0.2, 0.25) is 0 Å². The van der Waals surface area contributed by atoms with Crippen molar-refractivity contribution in [2.75, 3.05) is 6.54 Å². The van der Waals surface area contributed by atoms with Crippen molar-refractivity contribution in [2.24, 2.45) is 5.41 Å². The Hall–Kier alpha value is -0.720. The van der Waals surface area contributed by atoms with Gasteiger partial charge in [0.15, 0.2) is 0 Å². The first-order valence-electron chi connectivity index (χ1n) is 7.18. The van der Waals surface area contributed by atoms with Crippen molar-refractivity contribution >= 4 is 0 Å². The van der Waals surface area contributed by atoms with E-state index in [0.717, 1.165) is 6.54 Å². The van der Waals surface area contributed by atoms with Crippen molar-refractivity contribution in [3.63, 3.8) is 0 Å². The van der Waals surface area contributed by atoms with Crippen LogP contribution >= 0.6 is 0 Å². The van der Waals surface area contributed by atoms with E-state index in [-0.39, 0.29) is 0 Å². The van der Waals surface area contributed by atoms with Crippen LogP contribution in [0.4, 0.5) is 0 Å². The summed E-state index contributed by atoms with van der Waals surface area (Å²) < 4.78 is 0. The Kier molecular flexibility index (Phi) is 5.80. The van der Waals surface area contributed by atoms with Crippen LogP contribution < -0.4 is 5.32 Å². The van der Waals surface area contributed by atoms with Crippen molar-refractivity contribution in [3.05, 3.63) is 23.4 Å². The van der Waals surface area contributed by atoms with Gasteiger partial charge in [0.1, 0.15) is 0 Å². The van der Waals surface area contributed by atoms with E-state index in [2.05, 4.69) is 45.2 Å².